The lowest BCUT2D eigenvalue weighted by molar-refractivity contribution is -0.118. The predicted octanol–water partition coefficient (Wildman–Crippen LogP) is 2.68. The van der Waals surface area contributed by atoms with E-state index >= 15 is 0 Å². The van der Waals surface area contributed by atoms with Crippen LogP contribution in [0.4, 0.5) is 5.69 Å². The van der Waals surface area contributed by atoms with Gasteiger partial charge in [-0.15, -0.1) is 0 Å². The standard InChI is InChI=1S/C22H28N2O7S2/c1-30-21-12-11-19(33(28,29)24-13-5-3-4-6-14-24)15-20(21)23-22(25)16-31-17-7-9-18(10-8-17)32(2,26)27/h7-12,15H,3-6,13-14,16H2,1-2H3,(H,23,25). The minimum atomic E-state index is -3.69. The fraction of sp³-hybridized carbons (Fsp3) is 0.409. The third kappa shape index (κ3) is 6.46. The van der Waals surface area contributed by atoms with Crippen LogP contribution in [0.5, 0.6) is 11.5 Å². The molecule has 0 spiro atoms. The molecule has 1 saturated heterocycles. The molecule has 1 aliphatic heterocycles. The van der Waals surface area contributed by atoms with Gasteiger partial charge in [-0.1, -0.05) is 12.8 Å². The van der Waals surface area contributed by atoms with E-state index in [1.54, 1.807) is 0 Å². The van der Waals surface area contributed by atoms with Crippen molar-refractivity contribution in [2.45, 2.75) is 35.5 Å². The second-order valence-electron chi connectivity index (χ2n) is 7.76. The van der Waals surface area contributed by atoms with Gasteiger partial charge in [-0.3, -0.25) is 4.79 Å². The molecule has 3 rings (SSSR count). The number of nitrogens with zero attached hydrogens (tertiary/aromatic N) is 1. The number of amides is 1. The van der Waals surface area contributed by atoms with Gasteiger partial charge in [0.1, 0.15) is 11.5 Å². The summed E-state index contributed by atoms with van der Waals surface area (Å²) >= 11 is 0. The summed E-state index contributed by atoms with van der Waals surface area (Å²) in [7, 11) is -5.60. The molecule has 1 fully saturated rings. The molecule has 0 bridgehead atoms. The van der Waals surface area contributed by atoms with E-state index in [1.807, 2.05) is 0 Å². The average Bonchev–Trinajstić information content (AvgIpc) is 3.07. The molecule has 0 unspecified atom stereocenters. The highest BCUT2D eigenvalue weighted by atomic mass is 32.2. The Morgan fingerprint density at radius 3 is 2.12 bits per heavy atom. The smallest absolute Gasteiger partial charge is 0.262 e. The highest BCUT2D eigenvalue weighted by Crippen LogP contribution is 2.30. The molecule has 11 heteroatoms. The lowest BCUT2D eigenvalue weighted by atomic mass is 10.2. The largest absolute Gasteiger partial charge is 0.495 e. The maximum Gasteiger partial charge on any atom is 0.262 e. The van der Waals surface area contributed by atoms with Crippen LogP contribution in [0.2, 0.25) is 0 Å². The van der Waals surface area contributed by atoms with Crippen LogP contribution < -0.4 is 14.8 Å². The monoisotopic (exact) mass is 496 g/mol. The molecule has 1 amide bonds. The first-order valence-electron chi connectivity index (χ1n) is 10.5. The molecule has 33 heavy (non-hydrogen) atoms. The van der Waals surface area contributed by atoms with Gasteiger partial charge in [-0.25, -0.2) is 16.8 Å². The minimum Gasteiger partial charge on any atom is -0.495 e. The molecule has 9 nitrogen and oxygen atoms in total. The molecular formula is C22H28N2O7S2. The second kappa shape index (κ2) is 10.5. The first-order valence-corrected chi connectivity index (χ1v) is 13.9. The molecule has 0 radical (unpaired) electrons. The zero-order chi connectivity index (χ0) is 24.1. The molecule has 0 atom stereocenters. The Kier molecular flexibility index (Phi) is 7.98. The molecule has 1 heterocycles. The van der Waals surface area contributed by atoms with Gasteiger partial charge in [0, 0.05) is 19.3 Å². The lowest BCUT2D eigenvalue weighted by Crippen LogP contribution is -2.32. The van der Waals surface area contributed by atoms with Crippen molar-refractivity contribution in [2.75, 3.05) is 38.4 Å². The van der Waals surface area contributed by atoms with Crippen molar-refractivity contribution in [1.82, 2.24) is 4.31 Å². The summed E-state index contributed by atoms with van der Waals surface area (Å²) in [6.45, 7) is 0.592. The quantitative estimate of drug-likeness (QED) is 0.597. The maximum atomic E-state index is 13.1. The van der Waals surface area contributed by atoms with E-state index in [-0.39, 0.29) is 22.1 Å². The van der Waals surface area contributed by atoms with Gasteiger partial charge in [-0.2, -0.15) is 4.31 Å². The second-order valence-corrected chi connectivity index (χ2v) is 11.7. The van der Waals surface area contributed by atoms with Gasteiger partial charge in [-0.05, 0) is 55.3 Å². The van der Waals surface area contributed by atoms with Crippen molar-refractivity contribution in [2.24, 2.45) is 0 Å². The number of carbonyl (C=O) groups excluding carboxylic acids is 1. The highest BCUT2D eigenvalue weighted by molar-refractivity contribution is 7.90. The van der Waals surface area contributed by atoms with E-state index in [0.29, 0.717) is 24.6 Å². The third-order valence-corrected chi connectivity index (χ3v) is 8.29. The Bertz CT molecular complexity index is 1190. The Morgan fingerprint density at radius 1 is 0.939 bits per heavy atom. The van der Waals surface area contributed by atoms with Gasteiger partial charge >= 0.3 is 0 Å². The van der Waals surface area contributed by atoms with Crippen molar-refractivity contribution in [3.05, 3.63) is 42.5 Å². The van der Waals surface area contributed by atoms with E-state index in [1.165, 1.54) is 53.9 Å². The van der Waals surface area contributed by atoms with Crippen molar-refractivity contribution in [3.63, 3.8) is 0 Å². The summed E-state index contributed by atoms with van der Waals surface area (Å²) in [4.78, 5) is 12.7. The number of methoxy groups -OCH3 is 1. The number of sulfonamides is 1. The molecule has 0 aromatic heterocycles. The molecule has 0 saturated carbocycles. The summed E-state index contributed by atoms with van der Waals surface area (Å²) < 4.78 is 61.4. The Hall–Kier alpha value is -2.63. The molecule has 180 valence electrons. The number of anilines is 1. The van der Waals surface area contributed by atoms with Crippen LogP contribution in [0, 0.1) is 0 Å². The minimum absolute atomic E-state index is 0.0813. The number of nitrogens with one attached hydrogen (secondary N) is 1. The number of ether oxygens (including phenoxy) is 2. The highest BCUT2D eigenvalue weighted by Gasteiger charge is 2.26. The molecule has 1 N–H and O–H groups in total. The normalized spacial score (nSPS) is 15.5. The van der Waals surface area contributed by atoms with E-state index < -0.39 is 25.8 Å². The van der Waals surface area contributed by atoms with Crippen molar-refractivity contribution in [1.29, 1.82) is 0 Å². The first-order chi connectivity index (χ1) is 15.6. The Balaban J connectivity index is 1.71. The van der Waals surface area contributed by atoms with Crippen LogP contribution >= 0.6 is 0 Å². The van der Waals surface area contributed by atoms with Crippen molar-refractivity contribution < 1.29 is 31.1 Å². The SMILES string of the molecule is COc1ccc(S(=O)(=O)N2CCCCCC2)cc1NC(=O)COc1ccc(S(C)(=O)=O)cc1. The summed E-state index contributed by atoms with van der Waals surface area (Å²) in [6.07, 6.45) is 4.76. The number of hydrogen-bond acceptors (Lipinski definition) is 7. The first kappa shape index (κ1) is 25.0. The van der Waals surface area contributed by atoms with E-state index in [9.17, 15) is 21.6 Å². The average molecular weight is 497 g/mol. The summed E-state index contributed by atoms with van der Waals surface area (Å²) in [6, 6.07) is 10.1. The van der Waals surface area contributed by atoms with Crippen LogP contribution in [-0.2, 0) is 24.7 Å². The molecular weight excluding hydrogens is 468 g/mol. The maximum absolute atomic E-state index is 13.1. The summed E-state index contributed by atoms with van der Waals surface area (Å²) in [5, 5.41) is 2.63. The van der Waals surface area contributed by atoms with Crippen LogP contribution in [-0.4, -0.2) is 60.1 Å². The molecule has 0 aliphatic carbocycles. The lowest BCUT2D eigenvalue weighted by Gasteiger charge is -2.21. The van der Waals surface area contributed by atoms with E-state index in [2.05, 4.69) is 5.32 Å². The molecule has 2 aromatic carbocycles. The van der Waals surface area contributed by atoms with Gasteiger partial charge in [0.15, 0.2) is 16.4 Å². The predicted molar refractivity (Wildman–Crippen MR) is 124 cm³/mol. The number of benzene rings is 2. The molecule has 1 aliphatic rings. The van der Waals surface area contributed by atoms with E-state index in [0.717, 1.165) is 31.9 Å². The summed E-state index contributed by atoms with van der Waals surface area (Å²) in [5.41, 5.74) is 0.217. The fourth-order valence-electron chi connectivity index (χ4n) is 3.49. The number of hydrogen-bond donors (Lipinski definition) is 1. The zero-order valence-corrected chi connectivity index (χ0v) is 20.2. The van der Waals surface area contributed by atoms with Gasteiger partial charge in [0.05, 0.1) is 22.6 Å². The van der Waals surface area contributed by atoms with Crippen LogP contribution in [0.25, 0.3) is 0 Å². The van der Waals surface area contributed by atoms with Crippen molar-refractivity contribution >= 4 is 31.5 Å². The zero-order valence-electron chi connectivity index (χ0n) is 18.6. The van der Waals surface area contributed by atoms with Crippen LogP contribution in [0.1, 0.15) is 25.7 Å². The van der Waals surface area contributed by atoms with Crippen LogP contribution in [0.3, 0.4) is 0 Å². The Labute approximate surface area is 194 Å². The molecule has 2 aromatic rings. The Morgan fingerprint density at radius 2 is 1.55 bits per heavy atom. The van der Waals surface area contributed by atoms with Crippen molar-refractivity contribution in [3.8, 4) is 11.5 Å². The van der Waals surface area contributed by atoms with Gasteiger partial charge in [0.2, 0.25) is 10.0 Å². The topological polar surface area (TPSA) is 119 Å². The third-order valence-electron chi connectivity index (χ3n) is 5.27. The fourth-order valence-corrected chi connectivity index (χ4v) is 5.67. The van der Waals surface area contributed by atoms with E-state index in [4.69, 9.17) is 9.47 Å². The number of sulfone groups is 1. The summed E-state index contributed by atoms with van der Waals surface area (Å²) in [5.74, 6) is 0.113. The number of rotatable bonds is 8. The van der Waals surface area contributed by atoms with Gasteiger partial charge in [0.25, 0.3) is 5.91 Å². The van der Waals surface area contributed by atoms with Crippen LogP contribution in [0.15, 0.2) is 52.3 Å². The van der Waals surface area contributed by atoms with Gasteiger partial charge < -0.3 is 14.8 Å². The number of carbonyl (C=O) groups is 1.